The normalized spacial score (nSPS) is 10.8. The van der Waals surface area contributed by atoms with Crippen molar-refractivity contribution >= 4 is 28.9 Å². The number of hydrogen-bond acceptors (Lipinski definition) is 9. The van der Waals surface area contributed by atoms with Gasteiger partial charge in [-0.1, -0.05) is 46.4 Å². The number of aromatic nitrogens is 2. The van der Waals surface area contributed by atoms with Crippen molar-refractivity contribution in [3.63, 3.8) is 0 Å². The van der Waals surface area contributed by atoms with E-state index in [0.29, 0.717) is 56.7 Å². The van der Waals surface area contributed by atoms with Gasteiger partial charge in [0.15, 0.2) is 0 Å². The van der Waals surface area contributed by atoms with Gasteiger partial charge in [0.2, 0.25) is 0 Å². The zero-order chi connectivity index (χ0) is 37.3. The maximum absolute atomic E-state index is 12.5. The van der Waals surface area contributed by atoms with Crippen LogP contribution in [0.3, 0.4) is 0 Å². The molecule has 0 atom stereocenters. The number of unbranched alkanes of at least 4 members (excludes halogenated alkanes) is 1. The van der Waals surface area contributed by atoms with Crippen molar-refractivity contribution in [3.8, 4) is 28.1 Å². The summed E-state index contributed by atoms with van der Waals surface area (Å²) in [5.74, 6) is 6.15. The summed E-state index contributed by atoms with van der Waals surface area (Å²) < 4.78 is 13.0. The van der Waals surface area contributed by atoms with Crippen molar-refractivity contribution in [1.82, 2.24) is 15.0 Å². The monoisotopic (exact) mass is 687 g/mol. The molecule has 272 valence electrons. The van der Waals surface area contributed by atoms with Crippen LogP contribution in [0.15, 0.2) is 61.3 Å². The number of aryl methyl sites for hydroxylation is 2. The number of nitrogens with zero attached hydrogens (tertiary/aromatic N) is 2. The summed E-state index contributed by atoms with van der Waals surface area (Å²) >= 11 is 0. The molecule has 0 fully saturated rings. The van der Waals surface area contributed by atoms with E-state index in [4.69, 9.17) is 15.3 Å². The van der Waals surface area contributed by atoms with E-state index in [2.05, 4.69) is 66.3 Å². The van der Waals surface area contributed by atoms with Crippen LogP contribution < -0.4 is 17.0 Å². The van der Waals surface area contributed by atoms with Crippen molar-refractivity contribution in [2.24, 2.45) is 17.0 Å². The van der Waals surface area contributed by atoms with E-state index in [-0.39, 0.29) is 23.6 Å². The van der Waals surface area contributed by atoms with Crippen LogP contribution in [0.5, 0.6) is 5.75 Å². The van der Waals surface area contributed by atoms with E-state index in [9.17, 15) is 14.7 Å². The highest BCUT2D eigenvalue weighted by Crippen LogP contribution is 2.41. The van der Waals surface area contributed by atoms with Gasteiger partial charge in [-0.2, -0.15) is 0 Å². The van der Waals surface area contributed by atoms with Crippen molar-refractivity contribution < 1.29 is 24.2 Å². The van der Waals surface area contributed by atoms with Gasteiger partial charge < -0.3 is 24.9 Å². The Labute approximate surface area is 297 Å². The predicted octanol–water partition coefficient (Wildman–Crippen LogP) is 7.19. The standard InChI is InChI=1S/C37H46N4O5.C2H6.CH5N/c1-6-41-34-15-13-27(28-18-26(19-30(44)20-28)12-14-29(43)10-7-8-17-40-38)21-32(34)33(22-37(3,4)23-46-24-42)36(41)31-11-9-16-39-35(31)25(2)45-5;2*1-2/h9,11,13,15-16,18-21,24,40,44H,2,6-8,10,12,14,17,22-23,38H2,1,3-5H3;1-2H3;2H2,1H3. The molecule has 6 N–H and O–H groups in total. The highest BCUT2D eigenvalue weighted by Gasteiger charge is 2.28. The molecule has 4 aromatic rings. The minimum Gasteiger partial charge on any atom is -0.508 e. The SMILES string of the molecule is C=C(OC)c1ncccc1-c1c(CC(C)(C)COC=O)c2cc(-c3cc(O)cc(CCC(=O)CCCCNN)c3)ccc2n1CC.CC.CN. The third-order valence-electron chi connectivity index (χ3n) is 8.29. The molecular formula is C40H57N5O5. The summed E-state index contributed by atoms with van der Waals surface area (Å²) in [4.78, 5) is 28.2. The number of benzene rings is 2. The van der Waals surface area contributed by atoms with Crippen molar-refractivity contribution in [3.05, 3.63) is 78.1 Å². The Hall–Kier alpha value is -4.51. The van der Waals surface area contributed by atoms with Gasteiger partial charge in [0, 0.05) is 54.0 Å². The van der Waals surface area contributed by atoms with Crippen LogP contribution in [0.1, 0.15) is 77.1 Å². The quantitative estimate of drug-likeness (QED) is 0.0280. The largest absolute Gasteiger partial charge is 0.508 e. The van der Waals surface area contributed by atoms with Crippen molar-refractivity contribution in [1.29, 1.82) is 0 Å². The van der Waals surface area contributed by atoms with Gasteiger partial charge >= 0.3 is 0 Å². The molecule has 0 amide bonds. The van der Waals surface area contributed by atoms with E-state index in [1.807, 2.05) is 32.0 Å². The van der Waals surface area contributed by atoms with E-state index in [1.54, 1.807) is 25.4 Å². The molecule has 0 aliphatic rings. The summed E-state index contributed by atoms with van der Waals surface area (Å²) in [6.45, 7) is 16.5. The first kappa shape index (κ1) is 41.7. The third-order valence-corrected chi connectivity index (χ3v) is 8.29. The zero-order valence-corrected chi connectivity index (χ0v) is 31.0. The molecule has 2 aromatic carbocycles. The number of hydrogen-bond donors (Lipinski definition) is 4. The number of phenols is 1. The number of pyridine rings is 1. The van der Waals surface area contributed by atoms with Crippen LogP contribution in [0.25, 0.3) is 39.0 Å². The van der Waals surface area contributed by atoms with Crippen LogP contribution in [-0.2, 0) is 38.4 Å². The molecule has 50 heavy (non-hydrogen) atoms. The first-order chi connectivity index (χ1) is 24.1. The van der Waals surface area contributed by atoms with Crippen LogP contribution in [0.4, 0.5) is 0 Å². The molecular weight excluding hydrogens is 630 g/mol. The lowest BCUT2D eigenvalue weighted by atomic mass is 9.84. The number of nitrogens with two attached hydrogens (primary N) is 2. The number of ketones is 1. The van der Waals surface area contributed by atoms with E-state index in [1.165, 1.54) is 7.05 Å². The number of nitrogens with one attached hydrogen (secondary N) is 1. The lowest BCUT2D eigenvalue weighted by molar-refractivity contribution is -0.131. The van der Waals surface area contributed by atoms with Gasteiger partial charge in [-0.15, -0.1) is 0 Å². The molecule has 0 spiro atoms. The smallest absolute Gasteiger partial charge is 0.293 e. The van der Waals surface area contributed by atoms with Crippen molar-refractivity contribution in [2.75, 3.05) is 27.3 Å². The first-order valence-electron chi connectivity index (χ1n) is 17.4. The highest BCUT2D eigenvalue weighted by molar-refractivity contribution is 5.96. The number of carbonyl (C=O) groups excluding carboxylic acids is 2. The Bertz CT molecular complexity index is 1700. The first-order valence-corrected chi connectivity index (χ1v) is 17.4. The molecule has 2 heterocycles. The molecule has 0 bridgehead atoms. The second kappa shape index (κ2) is 20.9. The average Bonchev–Trinajstić information content (AvgIpc) is 3.44. The van der Waals surface area contributed by atoms with Gasteiger partial charge in [0.05, 0.1) is 19.4 Å². The summed E-state index contributed by atoms with van der Waals surface area (Å²) in [7, 11) is 3.09. The minimum absolute atomic E-state index is 0.159. The maximum Gasteiger partial charge on any atom is 0.293 e. The fourth-order valence-electron chi connectivity index (χ4n) is 6.07. The zero-order valence-electron chi connectivity index (χ0n) is 31.0. The number of carbonyl (C=O) groups is 2. The molecule has 10 heteroatoms. The van der Waals surface area contributed by atoms with Gasteiger partial charge in [0.1, 0.15) is 23.0 Å². The molecule has 0 aliphatic heterocycles. The second-order valence-corrected chi connectivity index (χ2v) is 12.4. The molecule has 0 aliphatic carbocycles. The summed E-state index contributed by atoms with van der Waals surface area (Å²) in [6, 6.07) is 15.8. The van der Waals surface area contributed by atoms with Crippen LogP contribution in [-0.4, -0.2) is 54.2 Å². The lowest BCUT2D eigenvalue weighted by Gasteiger charge is -2.24. The Balaban J connectivity index is 0.00000209. The Morgan fingerprint density at radius 2 is 1.82 bits per heavy atom. The number of ether oxygens (including phenoxy) is 2. The predicted molar refractivity (Wildman–Crippen MR) is 204 cm³/mol. The molecule has 2 aromatic heterocycles. The lowest BCUT2D eigenvalue weighted by Crippen LogP contribution is -2.22. The fourth-order valence-corrected chi connectivity index (χ4v) is 6.07. The van der Waals surface area contributed by atoms with Gasteiger partial charge in [-0.3, -0.25) is 25.8 Å². The summed E-state index contributed by atoms with van der Waals surface area (Å²) in [5, 5.41) is 11.7. The molecule has 0 unspecified atom stereocenters. The number of methoxy groups -OCH3 is 1. The van der Waals surface area contributed by atoms with Gasteiger partial charge in [0.25, 0.3) is 6.47 Å². The number of fused-ring (bicyclic) bond motifs is 1. The Morgan fingerprint density at radius 3 is 2.48 bits per heavy atom. The summed E-state index contributed by atoms with van der Waals surface area (Å²) in [6.07, 6.45) is 5.50. The number of rotatable bonds is 18. The molecule has 0 radical (unpaired) electrons. The topological polar surface area (TPSA) is 155 Å². The Kier molecular flexibility index (Phi) is 17.4. The maximum atomic E-state index is 12.5. The number of aromatic hydroxyl groups is 1. The van der Waals surface area contributed by atoms with E-state index >= 15 is 0 Å². The van der Waals surface area contributed by atoms with Crippen LogP contribution >= 0.6 is 0 Å². The number of phenolic OH excluding ortho intramolecular Hbond substituents is 1. The van der Waals surface area contributed by atoms with E-state index < -0.39 is 0 Å². The Morgan fingerprint density at radius 1 is 1.08 bits per heavy atom. The summed E-state index contributed by atoms with van der Waals surface area (Å²) in [5.41, 5.74) is 14.2. The van der Waals surface area contributed by atoms with Gasteiger partial charge in [-0.25, -0.2) is 0 Å². The minimum atomic E-state index is -0.370. The third kappa shape index (κ3) is 11.0. The van der Waals surface area contributed by atoms with Crippen molar-refractivity contribution in [2.45, 2.75) is 79.7 Å². The molecule has 0 saturated carbocycles. The van der Waals surface area contributed by atoms with Gasteiger partial charge in [-0.05, 0) is 98.3 Å². The fraction of sp³-hybridized carbons (Fsp3) is 0.425. The number of Topliss-reactive ketones (excluding diaryl/α,β-unsaturated/α-hetero) is 1. The molecule has 0 saturated heterocycles. The van der Waals surface area contributed by atoms with Crippen LogP contribution in [0.2, 0.25) is 0 Å². The van der Waals surface area contributed by atoms with Crippen LogP contribution in [0, 0.1) is 5.41 Å². The van der Waals surface area contributed by atoms with E-state index in [0.717, 1.165) is 57.3 Å². The average molecular weight is 688 g/mol. The molecule has 10 nitrogen and oxygen atoms in total. The highest BCUT2D eigenvalue weighted by atomic mass is 16.5. The molecule has 4 rings (SSSR count). The number of hydrazine groups is 1. The second-order valence-electron chi connectivity index (χ2n) is 12.4.